The second kappa shape index (κ2) is 5.97. The highest BCUT2D eigenvalue weighted by Gasteiger charge is 2.38. The summed E-state index contributed by atoms with van der Waals surface area (Å²) >= 11 is 0. The highest BCUT2D eigenvalue weighted by molar-refractivity contribution is 5.26. The quantitative estimate of drug-likeness (QED) is 0.877. The molecule has 1 aliphatic carbocycles. The summed E-state index contributed by atoms with van der Waals surface area (Å²) in [5.41, 5.74) is 6.27. The molecule has 0 saturated heterocycles. The van der Waals surface area contributed by atoms with Crippen LogP contribution in [0.2, 0.25) is 0 Å². The molecular formula is C15H21F2NO. The number of hydrogen-bond acceptors (Lipinski definition) is 2. The lowest BCUT2D eigenvalue weighted by atomic mass is 9.68. The maximum atomic E-state index is 12.5. The maximum Gasteiger partial charge on any atom is 0.263 e. The van der Waals surface area contributed by atoms with Gasteiger partial charge in [-0.3, -0.25) is 0 Å². The summed E-state index contributed by atoms with van der Waals surface area (Å²) < 4.78 is 25.0. The van der Waals surface area contributed by atoms with Gasteiger partial charge in [0, 0.05) is 17.5 Å². The molecular weight excluding hydrogens is 248 g/mol. The summed E-state index contributed by atoms with van der Waals surface area (Å²) in [5.74, 6) is 0. The topological polar surface area (TPSA) is 46.2 Å². The van der Waals surface area contributed by atoms with Gasteiger partial charge in [0.15, 0.2) is 0 Å². The minimum absolute atomic E-state index is 0.0126. The first-order valence-electron chi connectivity index (χ1n) is 6.85. The summed E-state index contributed by atoms with van der Waals surface area (Å²) in [6.45, 7) is 0.435. The molecule has 1 unspecified atom stereocenters. The lowest BCUT2D eigenvalue weighted by Crippen LogP contribution is -2.38. The third-order valence-electron chi connectivity index (χ3n) is 4.34. The number of benzene rings is 1. The summed E-state index contributed by atoms with van der Waals surface area (Å²) in [6, 6.07) is 5.96. The number of alkyl halides is 2. The zero-order valence-corrected chi connectivity index (χ0v) is 11.0. The minimum atomic E-state index is -2.47. The lowest BCUT2D eigenvalue weighted by Gasteiger charge is -2.40. The summed E-state index contributed by atoms with van der Waals surface area (Å²) in [5, 5.41) is 10.6. The van der Waals surface area contributed by atoms with Gasteiger partial charge in [-0.05, 0) is 18.4 Å². The Morgan fingerprint density at radius 3 is 2.05 bits per heavy atom. The fourth-order valence-corrected chi connectivity index (χ4v) is 3.02. The molecule has 0 spiro atoms. The lowest BCUT2D eigenvalue weighted by molar-refractivity contribution is 0.000644. The SMILES string of the molecule is NCC1(C(O)c2ccc(C(F)F)cc2)CCCCC1. The van der Waals surface area contributed by atoms with E-state index in [1.807, 2.05) is 0 Å². The predicted molar refractivity (Wildman–Crippen MR) is 70.9 cm³/mol. The van der Waals surface area contributed by atoms with E-state index >= 15 is 0 Å². The van der Waals surface area contributed by atoms with Crippen molar-refractivity contribution in [1.29, 1.82) is 0 Å². The van der Waals surface area contributed by atoms with Crippen LogP contribution in [0, 0.1) is 5.41 Å². The van der Waals surface area contributed by atoms with Gasteiger partial charge in [-0.15, -0.1) is 0 Å². The molecule has 3 N–H and O–H groups in total. The van der Waals surface area contributed by atoms with E-state index < -0.39 is 12.5 Å². The molecule has 1 fully saturated rings. The molecule has 1 aromatic rings. The Kier molecular flexibility index (Phi) is 4.53. The molecule has 0 radical (unpaired) electrons. The van der Waals surface area contributed by atoms with Crippen molar-refractivity contribution in [2.24, 2.45) is 11.1 Å². The van der Waals surface area contributed by atoms with Crippen molar-refractivity contribution < 1.29 is 13.9 Å². The van der Waals surface area contributed by atoms with Crippen LogP contribution in [-0.4, -0.2) is 11.7 Å². The second-order valence-corrected chi connectivity index (χ2v) is 5.50. The molecule has 19 heavy (non-hydrogen) atoms. The van der Waals surface area contributed by atoms with Crippen LogP contribution < -0.4 is 5.73 Å². The molecule has 1 aliphatic rings. The third kappa shape index (κ3) is 2.95. The monoisotopic (exact) mass is 269 g/mol. The normalized spacial score (nSPS) is 20.5. The van der Waals surface area contributed by atoms with E-state index in [4.69, 9.17) is 5.73 Å². The molecule has 4 heteroatoms. The first-order valence-corrected chi connectivity index (χ1v) is 6.85. The van der Waals surface area contributed by atoms with Crippen LogP contribution in [0.1, 0.15) is 55.8 Å². The van der Waals surface area contributed by atoms with Crippen LogP contribution in [0.4, 0.5) is 8.78 Å². The Balaban J connectivity index is 2.19. The van der Waals surface area contributed by atoms with Gasteiger partial charge in [-0.2, -0.15) is 0 Å². The van der Waals surface area contributed by atoms with E-state index in [-0.39, 0.29) is 11.0 Å². The zero-order valence-electron chi connectivity index (χ0n) is 11.0. The van der Waals surface area contributed by atoms with E-state index in [2.05, 4.69) is 0 Å². The van der Waals surface area contributed by atoms with Crippen molar-refractivity contribution in [3.05, 3.63) is 35.4 Å². The first-order chi connectivity index (χ1) is 9.09. The Hall–Kier alpha value is -1.00. The smallest absolute Gasteiger partial charge is 0.263 e. The number of aliphatic hydroxyl groups is 1. The van der Waals surface area contributed by atoms with Gasteiger partial charge < -0.3 is 10.8 Å². The van der Waals surface area contributed by atoms with Crippen molar-refractivity contribution in [1.82, 2.24) is 0 Å². The van der Waals surface area contributed by atoms with Gasteiger partial charge >= 0.3 is 0 Å². The second-order valence-electron chi connectivity index (χ2n) is 5.50. The summed E-state index contributed by atoms with van der Waals surface area (Å²) in [7, 11) is 0. The largest absolute Gasteiger partial charge is 0.388 e. The van der Waals surface area contributed by atoms with Crippen LogP contribution in [0.15, 0.2) is 24.3 Å². The molecule has 1 saturated carbocycles. The minimum Gasteiger partial charge on any atom is -0.388 e. The van der Waals surface area contributed by atoms with E-state index in [0.717, 1.165) is 25.7 Å². The highest BCUT2D eigenvalue weighted by atomic mass is 19.3. The van der Waals surface area contributed by atoms with Crippen LogP contribution in [0.25, 0.3) is 0 Å². The molecule has 106 valence electrons. The van der Waals surface area contributed by atoms with Crippen LogP contribution in [-0.2, 0) is 0 Å². The average Bonchev–Trinajstić information content (AvgIpc) is 2.47. The van der Waals surface area contributed by atoms with E-state index in [1.165, 1.54) is 18.6 Å². The molecule has 0 aliphatic heterocycles. The average molecular weight is 269 g/mol. The van der Waals surface area contributed by atoms with E-state index in [1.54, 1.807) is 12.1 Å². The number of rotatable bonds is 4. The summed E-state index contributed by atoms with van der Waals surface area (Å²) in [6.07, 6.45) is 2.00. The number of hydrogen-bond donors (Lipinski definition) is 2. The molecule has 0 bridgehead atoms. The van der Waals surface area contributed by atoms with Gasteiger partial charge in [0.25, 0.3) is 6.43 Å². The van der Waals surface area contributed by atoms with Gasteiger partial charge in [0.2, 0.25) is 0 Å². The number of aliphatic hydroxyl groups excluding tert-OH is 1. The number of nitrogens with two attached hydrogens (primary N) is 1. The summed E-state index contributed by atoms with van der Waals surface area (Å²) in [4.78, 5) is 0. The predicted octanol–water partition coefficient (Wildman–Crippen LogP) is 3.57. The standard InChI is InChI=1S/C15H21F2NO/c16-14(17)12-6-4-11(5-7-12)13(19)15(10-18)8-2-1-3-9-15/h4-7,13-14,19H,1-3,8-10,18H2. The Labute approximate surface area is 112 Å². The van der Waals surface area contributed by atoms with E-state index in [0.29, 0.717) is 12.1 Å². The molecule has 1 aromatic carbocycles. The van der Waals surface area contributed by atoms with Gasteiger partial charge in [0.05, 0.1) is 6.10 Å². The van der Waals surface area contributed by atoms with Crippen molar-refractivity contribution in [3.63, 3.8) is 0 Å². The molecule has 2 nitrogen and oxygen atoms in total. The van der Waals surface area contributed by atoms with Crippen LogP contribution >= 0.6 is 0 Å². The van der Waals surface area contributed by atoms with E-state index in [9.17, 15) is 13.9 Å². The maximum absolute atomic E-state index is 12.5. The molecule has 0 aromatic heterocycles. The Morgan fingerprint density at radius 2 is 1.58 bits per heavy atom. The van der Waals surface area contributed by atoms with Crippen LogP contribution in [0.3, 0.4) is 0 Å². The fraction of sp³-hybridized carbons (Fsp3) is 0.600. The van der Waals surface area contributed by atoms with Gasteiger partial charge in [-0.1, -0.05) is 43.5 Å². The Morgan fingerprint density at radius 1 is 1.05 bits per heavy atom. The number of halogens is 2. The van der Waals surface area contributed by atoms with Crippen LogP contribution in [0.5, 0.6) is 0 Å². The first kappa shape index (κ1) is 14.4. The zero-order chi connectivity index (χ0) is 13.9. The van der Waals surface area contributed by atoms with Gasteiger partial charge in [-0.25, -0.2) is 8.78 Å². The Bertz CT molecular complexity index is 399. The molecule has 0 heterocycles. The third-order valence-corrected chi connectivity index (χ3v) is 4.34. The van der Waals surface area contributed by atoms with Crippen molar-refractivity contribution in [2.45, 2.75) is 44.6 Å². The van der Waals surface area contributed by atoms with Crippen molar-refractivity contribution >= 4 is 0 Å². The van der Waals surface area contributed by atoms with Gasteiger partial charge in [0.1, 0.15) is 0 Å². The fourth-order valence-electron chi connectivity index (χ4n) is 3.02. The molecule has 1 atom stereocenters. The highest BCUT2D eigenvalue weighted by Crippen LogP contribution is 2.45. The van der Waals surface area contributed by atoms with Crippen molar-refractivity contribution in [2.75, 3.05) is 6.54 Å². The molecule has 0 amide bonds. The molecule has 2 rings (SSSR count). The van der Waals surface area contributed by atoms with Crippen molar-refractivity contribution in [3.8, 4) is 0 Å².